The van der Waals surface area contributed by atoms with E-state index in [9.17, 15) is 14.4 Å². The van der Waals surface area contributed by atoms with Crippen LogP contribution in [0.2, 0.25) is 0 Å². The molecule has 9 nitrogen and oxygen atoms in total. The average Bonchev–Trinajstić information content (AvgIpc) is 3.15. The van der Waals surface area contributed by atoms with Crippen molar-refractivity contribution in [3.8, 4) is 0 Å². The van der Waals surface area contributed by atoms with Gasteiger partial charge in [-0.1, -0.05) is 30.0 Å². The third kappa shape index (κ3) is 4.28. The van der Waals surface area contributed by atoms with Crippen LogP contribution < -0.4 is 4.90 Å². The van der Waals surface area contributed by atoms with E-state index in [4.69, 9.17) is 4.42 Å². The first kappa shape index (κ1) is 19.7. The summed E-state index contributed by atoms with van der Waals surface area (Å²) in [4.78, 5) is 42.5. The zero-order chi connectivity index (χ0) is 20.3. The second kappa shape index (κ2) is 8.34. The monoisotopic (exact) mass is 401 g/mol. The Morgan fingerprint density at radius 1 is 1.25 bits per heavy atom. The van der Waals surface area contributed by atoms with Crippen molar-refractivity contribution in [1.82, 2.24) is 15.1 Å². The minimum Gasteiger partial charge on any atom is -0.416 e. The van der Waals surface area contributed by atoms with Gasteiger partial charge in [0.2, 0.25) is 17.7 Å². The van der Waals surface area contributed by atoms with E-state index >= 15 is 0 Å². The molecule has 146 valence electrons. The SMILES string of the molecule is CC1=NC(=O)N(C)C(=O)C1Cc1nnc(SCC(=O)N(C)c2ccccc2)o1. The Labute approximate surface area is 165 Å². The fraction of sp³-hybridized carbons (Fsp3) is 0.333. The van der Waals surface area contributed by atoms with Gasteiger partial charge in [0.05, 0.1) is 11.7 Å². The van der Waals surface area contributed by atoms with E-state index in [1.165, 1.54) is 7.05 Å². The molecule has 10 heteroatoms. The number of hydrogen-bond acceptors (Lipinski definition) is 7. The van der Waals surface area contributed by atoms with E-state index in [0.29, 0.717) is 5.71 Å². The van der Waals surface area contributed by atoms with Crippen molar-refractivity contribution in [2.45, 2.75) is 18.6 Å². The summed E-state index contributed by atoms with van der Waals surface area (Å²) >= 11 is 1.13. The van der Waals surface area contributed by atoms with E-state index in [-0.39, 0.29) is 35.1 Å². The van der Waals surface area contributed by atoms with Gasteiger partial charge in [-0.2, -0.15) is 0 Å². The van der Waals surface area contributed by atoms with E-state index in [0.717, 1.165) is 22.3 Å². The molecule has 1 aromatic carbocycles. The lowest BCUT2D eigenvalue weighted by Gasteiger charge is -2.24. The second-order valence-electron chi connectivity index (χ2n) is 6.23. The smallest absolute Gasteiger partial charge is 0.349 e. The summed E-state index contributed by atoms with van der Waals surface area (Å²) in [5.41, 5.74) is 1.21. The normalized spacial score (nSPS) is 16.9. The molecule has 0 bridgehead atoms. The molecule has 0 N–H and O–H groups in total. The van der Waals surface area contributed by atoms with Gasteiger partial charge in [-0.3, -0.25) is 14.5 Å². The van der Waals surface area contributed by atoms with Gasteiger partial charge >= 0.3 is 6.03 Å². The highest BCUT2D eigenvalue weighted by molar-refractivity contribution is 7.99. The Bertz CT molecular complexity index is 927. The Hall–Kier alpha value is -3.01. The number of aliphatic imine (C=N–C) groups is 1. The Morgan fingerprint density at radius 2 is 1.96 bits per heavy atom. The molecule has 28 heavy (non-hydrogen) atoms. The molecule has 2 heterocycles. The van der Waals surface area contributed by atoms with Gasteiger partial charge in [0.25, 0.3) is 5.22 Å². The first-order chi connectivity index (χ1) is 13.4. The summed E-state index contributed by atoms with van der Waals surface area (Å²) in [5.74, 6) is -0.701. The molecule has 1 aliphatic heterocycles. The van der Waals surface area contributed by atoms with Crippen LogP contribution in [0.5, 0.6) is 0 Å². The molecule has 0 spiro atoms. The summed E-state index contributed by atoms with van der Waals surface area (Å²) in [5, 5.41) is 8.09. The first-order valence-electron chi connectivity index (χ1n) is 8.50. The fourth-order valence-corrected chi connectivity index (χ4v) is 3.31. The van der Waals surface area contributed by atoms with E-state index < -0.39 is 11.9 Å². The molecule has 4 amide bonds. The van der Waals surface area contributed by atoms with Gasteiger partial charge < -0.3 is 9.32 Å². The van der Waals surface area contributed by atoms with Gasteiger partial charge in [0.1, 0.15) is 0 Å². The number of carbonyl (C=O) groups is 3. The molecular weight excluding hydrogens is 382 g/mol. The van der Waals surface area contributed by atoms with Crippen LogP contribution in [0.1, 0.15) is 12.8 Å². The third-order valence-corrected chi connectivity index (χ3v) is 5.16. The largest absolute Gasteiger partial charge is 0.416 e. The van der Waals surface area contributed by atoms with Gasteiger partial charge in [-0.05, 0) is 19.1 Å². The van der Waals surface area contributed by atoms with Crippen LogP contribution in [-0.2, 0) is 16.0 Å². The first-order valence-corrected chi connectivity index (χ1v) is 9.49. The number of imide groups is 1. The van der Waals surface area contributed by atoms with Crippen molar-refractivity contribution in [2.75, 3.05) is 24.7 Å². The number of hydrogen-bond donors (Lipinski definition) is 0. The number of thioether (sulfide) groups is 1. The molecule has 0 saturated heterocycles. The maximum absolute atomic E-state index is 12.3. The summed E-state index contributed by atoms with van der Waals surface area (Å²) in [6.07, 6.45) is 0.150. The van der Waals surface area contributed by atoms with Crippen LogP contribution in [0.25, 0.3) is 0 Å². The summed E-state index contributed by atoms with van der Waals surface area (Å²) < 4.78 is 5.54. The highest BCUT2D eigenvalue weighted by Gasteiger charge is 2.34. The number of rotatable bonds is 6. The summed E-state index contributed by atoms with van der Waals surface area (Å²) in [6, 6.07) is 8.72. The van der Waals surface area contributed by atoms with Crippen LogP contribution >= 0.6 is 11.8 Å². The quantitative estimate of drug-likeness (QED) is 0.681. The highest BCUT2D eigenvalue weighted by Crippen LogP contribution is 2.22. The van der Waals surface area contributed by atoms with Gasteiger partial charge in [-0.15, -0.1) is 10.2 Å². The van der Waals surface area contributed by atoms with E-state index in [1.807, 2.05) is 30.3 Å². The fourth-order valence-electron chi connectivity index (χ4n) is 2.62. The van der Waals surface area contributed by atoms with Gasteiger partial charge in [0.15, 0.2) is 0 Å². The number of para-hydroxylation sites is 1. The zero-order valence-corrected chi connectivity index (χ0v) is 16.5. The molecule has 1 unspecified atom stereocenters. The molecule has 0 saturated carbocycles. The number of anilines is 1. The van der Waals surface area contributed by atoms with Crippen molar-refractivity contribution in [3.05, 3.63) is 36.2 Å². The molecule has 3 rings (SSSR count). The van der Waals surface area contributed by atoms with Crippen LogP contribution in [0, 0.1) is 5.92 Å². The molecular formula is C18H19N5O4S. The second-order valence-corrected chi connectivity index (χ2v) is 7.16. The number of benzene rings is 1. The van der Waals surface area contributed by atoms with Crippen molar-refractivity contribution in [3.63, 3.8) is 0 Å². The number of carbonyl (C=O) groups excluding carboxylic acids is 3. The minimum absolute atomic E-state index is 0.110. The van der Waals surface area contributed by atoms with Crippen LogP contribution in [0.4, 0.5) is 10.5 Å². The van der Waals surface area contributed by atoms with Crippen LogP contribution in [0.3, 0.4) is 0 Å². The van der Waals surface area contributed by atoms with Crippen molar-refractivity contribution in [2.24, 2.45) is 10.9 Å². The third-order valence-electron chi connectivity index (χ3n) is 4.36. The Morgan fingerprint density at radius 3 is 2.68 bits per heavy atom. The van der Waals surface area contributed by atoms with Crippen molar-refractivity contribution < 1.29 is 18.8 Å². The number of urea groups is 1. The minimum atomic E-state index is -0.619. The molecule has 1 atom stereocenters. The Balaban J connectivity index is 1.59. The lowest BCUT2D eigenvalue weighted by molar-refractivity contribution is -0.129. The van der Waals surface area contributed by atoms with Gasteiger partial charge in [-0.25, -0.2) is 9.79 Å². The maximum Gasteiger partial charge on any atom is 0.349 e. The summed E-state index contributed by atoms with van der Waals surface area (Å²) in [7, 11) is 3.09. The molecule has 1 aromatic heterocycles. The van der Waals surface area contributed by atoms with Crippen molar-refractivity contribution in [1.29, 1.82) is 0 Å². The number of aromatic nitrogens is 2. The van der Waals surface area contributed by atoms with Crippen LogP contribution in [-0.4, -0.2) is 58.5 Å². The van der Waals surface area contributed by atoms with E-state index in [1.54, 1.807) is 18.9 Å². The summed E-state index contributed by atoms with van der Waals surface area (Å²) in [6.45, 7) is 1.62. The standard InChI is InChI=1S/C18H19N5O4S/c1-11-13(16(25)23(3)17(26)19-11)9-14-20-21-18(27-14)28-10-15(24)22(2)12-7-5-4-6-8-12/h4-8,13H,9-10H2,1-3H3. The molecule has 0 fully saturated rings. The Kier molecular flexibility index (Phi) is 5.88. The topological polar surface area (TPSA) is 109 Å². The average molecular weight is 401 g/mol. The predicted molar refractivity (Wildman–Crippen MR) is 103 cm³/mol. The van der Waals surface area contributed by atoms with Crippen molar-refractivity contribution >= 4 is 41.0 Å². The lowest BCUT2D eigenvalue weighted by Crippen LogP contribution is -2.44. The highest BCUT2D eigenvalue weighted by atomic mass is 32.2. The molecule has 2 aromatic rings. The lowest BCUT2D eigenvalue weighted by atomic mass is 9.97. The number of amides is 4. The number of nitrogens with zero attached hydrogens (tertiary/aromatic N) is 5. The molecule has 1 aliphatic rings. The van der Waals surface area contributed by atoms with E-state index in [2.05, 4.69) is 15.2 Å². The van der Waals surface area contributed by atoms with Crippen LogP contribution in [0.15, 0.2) is 45.0 Å². The molecule has 0 radical (unpaired) electrons. The maximum atomic E-state index is 12.3. The zero-order valence-electron chi connectivity index (χ0n) is 15.7. The van der Waals surface area contributed by atoms with Gasteiger partial charge in [0, 0.05) is 31.9 Å². The predicted octanol–water partition coefficient (Wildman–Crippen LogP) is 2.04. The molecule has 0 aliphatic carbocycles.